The molecule has 5 aromatic rings. The van der Waals surface area contributed by atoms with Crippen LogP contribution in [0.5, 0.6) is 0 Å². The Labute approximate surface area is 188 Å². The molecule has 1 aliphatic carbocycles. The summed E-state index contributed by atoms with van der Waals surface area (Å²) in [6.45, 7) is 0. The molecule has 0 spiro atoms. The summed E-state index contributed by atoms with van der Waals surface area (Å²) in [5, 5.41) is 21.2. The number of benzene rings is 1. The fourth-order valence-electron chi connectivity index (χ4n) is 3.90. The van der Waals surface area contributed by atoms with Gasteiger partial charge in [-0.1, -0.05) is 11.6 Å². The normalized spacial score (nSPS) is 17.7. The van der Waals surface area contributed by atoms with Crippen LogP contribution in [0.4, 0.5) is 14.6 Å². The Hall–Kier alpha value is -3.93. The van der Waals surface area contributed by atoms with Gasteiger partial charge in [0.1, 0.15) is 11.8 Å². The van der Waals surface area contributed by atoms with E-state index < -0.39 is 23.8 Å². The van der Waals surface area contributed by atoms with Gasteiger partial charge in [-0.3, -0.25) is 9.89 Å². The fraction of sp³-hybridized carbons (Fsp3) is 0.200. The van der Waals surface area contributed by atoms with Crippen LogP contribution in [0.2, 0.25) is 5.02 Å². The fourth-order valence-corrected chi connectivity index (χ4v) is 4.21. The molecule has 1 aromatic carbocycles. The van der Waals surface area contributed by atoms with Crippen molar-refractivity contribution in [3.63, 3.8) is 0 Å². The highest BCUT2D eigenvalue weighted by Gasteiger charge is 2.43. The summed E-state index contributed by atoms with van der Waals surface area (Å²) in [7, 11) is 1.60. The molecule has 166 valence electrons. The minimum Gasteiger partial charge on any atom is -0.309 e. The van der Waals surface area contributed by atoms with Crippen molar-refractivity contribution in [1.29, 1.82) is 0 Å². The van der Waals surface area contributed by atoms with E-state index in [1.807, 2.05) is 0 Å². The average Bonchev–Trinajstić information content (AvgIpc) is 3.16. The molecule has 0 saturated heterocycles. The Balaban J connectivity index is 1.46. The van der Waals surface area contributed by atoms with E-state index in [0.717, 1.165) is 0 Å². The molecule has 0 bridgehead atoms. The number of tetrazole rings is 1. The lowest BCUT2D eigenvalue weighted by Crippen LogP contribution is -2.15. The molecule has 33 heavy (non-hydrogen) atoms. The van der Waals surface area contributed by atoms with Gasteiger partial charge in [0.25, 0.3) is 0 Å². The second-order valence-corrected chi connectivity index (χ2v) is 8.20. The Morgan fingerprint density at radius 1 is 1.30 bits per heavy atom. The zero-order chi connectivity index (χ0) is 22.9. The first kappa shape index (κ1) is 19.7. The van der Waals surface area contributed by atoms with Crippen LogP contribution >= 0.6 is 11.6 Å². The maximum atomic E-state index is 15.5. The van der Waals surface area contributed by atoms with E-state index in [1.165, 1.54) is 4.68 Å². The standard InChI is InChI=1S/C20H14ClF2N9O/c1-31-19(28-29-30-31)15-17(23)16(21)14(10-5-24-27-18(10)15)8-2-3-13-25-12(7-32(13)6-8)26-20(33)9-4-11(9)22/h2-3,5-7,9,11H,4H2,1H3,(H,24,27)(H,26,33)/t9-,11+/m1/s1. The second kappa shape index (κ2) is 7.04. The molecule has 2 N–H and O–H groups in total. The van der Waals surface area contributed by atoms with Gasteiger partial charge in [-0.25, -0.2) is 18.4 Å². The minimum atomic E-state index is -1.09. The number of hydrogen-bond acceptors (Lipinski definition) is 6. The van der Waals surface area contributed by atoms with Crippen LogP contribution in [-0.4, -0.2) is 51.9 Å². The molecule has 0 aliphatic heterocycles. The van der Waals surface area contributed by atoms with Gasteiger partial charge in [-0.05, 0) is 29.0 Å². The number of aryl methyl sites for hydroxylation is 1. The molecule has 0 unspecified atom stereocenters. The molecule has 10 nitrogen and oxygen atoms in total. The third kappa shape index (κ3) is 3.05. The number of hydrogen-bond donors (Lipinski definition) is 2. The van der Waals surface area contributed by atoms with Crippen LogP contribution in [-0.2, 0) is 11.8 Å². The first-order valence-electron chi connectivity index (χ1n) is 9.93. The molecule has 4 heterocycles. The molecular formula is C20H14ClF2N9O. The van der Waals surface area contributed by atoms with Gasteiger partial charge < -0.3 is 9.72 Å². The lowest BCUT2D eigenvalue weighted by Gasteiger charge is -2.12. The maximum absolute atomic E-state index is 15.5. The number of aromatic nitrogens is 8. The van der Waals surface area contributed by atoms with Crippen molar-refractivity contribution in [2.45, 2.75) is 12.6 Å². The van der Waals surface area contributed by atoms with E-state index in [-0.39, 0.29) is 22.8 Å². The smallest absolute Gasteiger partial charge is 0.231 e. The van der Waals surface area contributed by atoms with Crippen molar-refractivity contribution >= 4 is 39.9 Å². The lowest BCUT2D eigenvalue weighted by atomic mass is 9.99. The summed E-state index contributed by atoms with van der Waals surface area (Å²) in [6.07, 6.45) is 4.00. The number of carbonyl (C=O) groups excluding carboxylic acids is 1. The Bertz CT molecular complexity index is 1570. The highest BCUT2D eigenvalue weighted by atomic mass is 35.5. The number of rotatable bonds is 4. The van der Waals surface area contributed by atoms with Crippen LogP contribution in [0.1, 0.15) is 6.42 Å². The molecule has 2 atom stereocenters. The average molecular weight is 470 g/mol. The summed E-state index contributed by atoms with van der Waals surface area (Å²) < 4.78 is 31.6. The van der Waals surface area contributed by atoms with Gasteiger partial charge >= 0.3 is 0 Å². The van der Waals surface area contributed by atoms with Gasteiger partial charge in [0, 0.05) is 29.8 Å². The predicted molar refractivity (Wildman–Crippen MR) is 115 cm³/mol. The molecule has 13 heteroatoms. The number of pyridine rings is 1. The molecular weight excluding hydrogens is 456 g/mol. The number of alkyl halides is 1. The highest BCUT2D eigenvalue weighted by Crippen LogP contribution is 2.42. The highest BCUT2D eigenvalue weighted by molar-refractivity contribution is 6.36. The van der Waals surface area contributed by atoms with Crippen LogP contribution in [0.3, 0.4) is 0 Å². The maximum Gasteiger partial charge on any atom is 0.231 e. The zero-order valence-electron chi connectivity index (χ0n) is 16.9. The number of anilines is 1. The molecule has 1 amide bonds. The molecule has 1 fully saturated rings. The van der Waals surface area contributed by atoms with E-state index in [0.29, 0.717) is 33.5 Å². The van der Waals surface area contributed by atoms with E-state index in [9.17, 15) is 9.18 Å². The lowest BCUT2D eigenvalue weighted by molar-refractivity contribution is -0.117. The third-order valence-electron chi connectivity index (χ3n) is 5.67. The molecule has 6 rings (SSSR count). The number of aromatic amines is 1. The Morgan fingerprint density at radius 3 is 2.85 bits per heavy atom. The van der Waals surface area contributed by atoms with Crippen LogP contribution in [0.25, 0.3) is 39.1 Å². The number of nitrogens with one attached hydrogen (secondary N) is 2. The molecule has 1 aliphatic rings. The van der Waals surface area contributed by atoms with E-state index >= 15 is 4.39 Å². The third-order valence-corrected chi connectivity index (χ3v) is 6.03. The van der Waals surface area contributed by atoms with Gasteiger partial charge in [0.05, 0.1) is 34.4 Å². The minimum absolute atomic E-state index is 0.113. The van der Waals surface area contributed by atoms with E-state index in [4.69, 9.17) is 11.6 Å². The van der Waals surface area contributed by atoms with Crippen molar-refractivity contribution in [3.05, 3.63) is 41.6 Å². The zero-order valence-corrected chi connectivity index (χ0v) is 17.7. The van der Waals surface area contributed by atoms with Gasteiger partial charge in [-0.2, -0.15) is 5.10 Å². The summed E-state index contributed by atoms with van der Waals surface area (Å²) in [5.74, 6) is -1.21. The van der Waals surface area contributed by atoms with Crippen molar-refractivity contribution in [1.82, 2.24) is 39.8 Å². The van der Waals surface area contributed by atoms with Crippen LogP contribution in [0.15, 0.2) is 30.7 Å². The van der Waals surface area contributed by atoms with Crippen molar-refractivity contribution < 1.29 is 13.6 Å². The number of imidazole rings is 1. The van der Waals surface area contributed by atoms with Crippen LogP contribution in [0, 0.1) is 11.7 Å². The molecule has 0 radical (unpaired) electrons. The topological polar surface area (TPSA) is 119 Å². The summed E-state index contributed by atoms with van der Waals surface area (Å²) in [5.41, 5.74) is 2.08. The largest absolute Gasteiger partial charge is 0.309 e. The van der Waals surface area contributed by atoms with Gasteiger partial charge in [0.15, 0.2) is 17.5 Å². The van der Waals surface area contributed by atoms with Gasteiger partial charge in [0.2, 0.25) is 5.91 Å². The van der Waals surface area contributed by atoms with Crippen LogP contribution < -0.4 is 5.32 Å². The Kier molecular flexibility index (Phi) is 4.21. The summed E-state index contributed by atoms with van der Waals surface area (Å²) >= 11 is 6.51. The number of amides is 1. The number of H-pyrrole nitrogens is 1. The van der Waals surface area contributed by atoms with Crippen molar-refractivity contribution in [2.75, 3.05) is 5.32 Å². The first-order valence-corrected chi connectivity index (χ1v) is 10.3. The molecule has 1 saturated carbocycles. The molecule has 4 aromatic heterocycles. The second-order valence-electron chi connectivity index (χ2n) is 7.82. The van der Waals surface area contributed by atoms with Crippen molar-refractivity contribution in [3.8, 4) is 22.5 Å². The number of nitrogens with zero attached hydrogens (tertiary/aromatic N) is 7. The summed E-state index contributed by atoms with van der Waals surface area (Å²) in [6, 6.07) is 3.45. The summed E-state index contributed by atoms with van der Waals surface area (Å²) in [4.78, 5) is 16.3. The number of carbonyl (C=O) groups is 1. The Morgan fingerprint density at radius 2 is 2.12 bits per heavy atom. The predicted octanol–water partition coefficient (Wildman–Crippen LogP) is 3.16. The SMILES string of the molecule is Cn1nnnc1-c1c(F)c(Cl)c(-c2ccc3nc(NC(=O)[C@@H]4C[C@@H]4F)cn3c2)c2cn[nH]c12. The first-order chi connectivity index (χ1) is 15.9. The monoisotopic (exact) mass is 469 g/mol. The number of fused-ring (bicyclic) bond motifs is 2. The van der Waals surface area contributed by atoms with Gasteiger partial charge in [-0.15, -0.1) is 5.10 Å². The van der Waals surface area contributed by atoms with E-state index in [1.54, 1.807) is 42.2 Å². The van der Waals surface area contributed by atoms with E-state index in [2.05, 4.69) is 36.0 Å². The number of halogens is 3. The quantitative estimate of drug-likeness (QED) is 0.417. The van der Waals surface area contributed by atoms with Crippen molar-refractivity contribution in [2.24, 2.45) is 13.0 Å².